The van der Waals surface area contributed by atoms with Gasteiger partial charge in [0.25, 0.3) is 10.2 Å². The van der Waals surface area contributed by atoms with Crippen LogP contribution in [0, 0.1) is 20.2 Å². The summed E-state index contributed by atoms with van der Waals surface area (Å²) in [6.45, 7) is -1.56. The molecule has 13 heteroatoms. The van der Waals surface area contributed by atoms with E-state index in [1.165, 1.54) is 18.2 Å². The van der Waals surface area contributed by atoms with Crippen LogP contribution in [0.3, 0.4) is 0 Å². The first-order valence-corrected chi connectivity index (χ1v) is 7.44. The minimum absolute atomic E-state index is 0.167. The van der Waals surface area contributed by atoms with Crippen molar-refractivity contribution in [3.8, 4) is 0 Å². The van der Waals surface area contributed by atoms with E-state index < -0.39 is 35.5 Å². The van der Waals surface area contributed by atoms with Gasteiger partial charge in [-0.2, -0.15) is 0 Å². The predicted octanol–water partition coefficient (Wildman–Crippen LogP) is 1.59. The van der Waals surface area contributed by atoms with Gasteiger partial charge in [0.05, 0.1) is 17.2 Å². The highest BCUT2D eigenvalue weighted by atomic mass is 35.5. The molecule has 0 saturated heterocycles. The molecule has 0 radical (unpaired) electrons. The molecule has 0 amide bonds. The van der Waals surface area contributed by atoms with Crippen molar-refractivity contribution < 1.29 is 34.1 Å². The molecule has 0 aromatic heterocycles. The first-order valence-electron chi connectivity index (χ1n) is 6.61. The lowest BCUT2D eigenvalue weighted by atomic mass is 10.2. The number of benzene rings is 1. The van der Waals surface area contributed by atoms with Gasteiger partial charge in [-0.05, 0) is 18.2 Å². The highest BCUT2D eigenvalue weighted by Crippen LogP contribution is 2.21. The van der Waals surface area contributed by atoms with Crippen molar-refractivity contribution in [2.45, 2.75) is 11.0 Å². The van der Waals surface area contributed by atoms with Gasteiger partial charge in [0, 0.05) is 4.90 Å². The topological polar surface area (TPSA) is 140 Å². The molecule has 1 unspecified atom stereocenters. The van der Waals surface area contributed by atoms with Crippen LogP contribution in [0.15, 0.2) is 23.1 Å². The number of carbonyl (C=O) groups is 1. The number of nitrogens with zero attached hydrogens (tertiary/aromatic N) is 2. The fraction of sp³-hybridized carbons (Fsp3) is 0.417. The summed E-state index contributed by atoms with van der Waals surface area (Å²) >= 11 is 9.86. The van der Waals surface area contributed by atoms with Gasteiger partial charge in [0.15, 0.2) is 0 Å². The van der Waals surface area contributed by atoms with Gasteiger partial charge in [-0.1, -0.05) is 11.6 Å². The molecular weight excluding hydrogens is 384 g/mol. The summed E-state index contributed by atoms with van der Waals surface area (Å²) in [6, 6.07) is 4.26. The zero-order valence-electron chi connectivity index (χ0n) is 12.5. The summed E-state index contributed by atoms with van der Waals surface area (Å²) in [6.07, 6.45) is -1.02. The normalized spacial score (nSPS) is 11.4. The molecule has 0 spiro atoms. The Kier molecular flexibility index (Phi) is 8.74. The molecule has 11 nitrogen and oxygen atoms in total. The van der Waals surface area contributed by atoms with Gasteiger partial charge in [-0.15, -0.1) is 32.9 Å². The maximum absolute atomic E-state index is 11.9. The average molecular weight is 397 g/mol. The first kappa shape index (κ1) is 20.7. The van der Waals surface area contributed by atoms with E-state index in [1.807, 2.05) is 0 Å². The molecule has 0 aliphatic carbocycles. The van der Waals surface area contributed by atoms with Gasteiger partial charge >= 0.3 is 5.97 Å². The van der Waals surface area contributed by atoms with Crippen molar-refractivity contribution in [3.63, 3.8) is 0 Å². The molecule has 1 aromatic rings. The molecular formula is C12H13ClN2O9S. The molecule has 0 fully saturated rings. The first-order chi connectivity index (χ1) is 11.8. The van der Waals surface area contributed by atoms with Crippen molar-refractivity contribution in [1.82, 2.24) is 0 Å². The highest BCUT2D eigenvalue weighted by Gasteiger charge is 2.17. The summed E-state index contributed by atoms with van der Waals surface area (Å²) in [4.78, 5) is 40.7. The van der Waals surface area contributed by atoms with Crippen LogP contribution in [0.1, 0.15) is 10.4 Å². The van der Waals surface area contributed by atoms with Crippen molar-refractivity contribution in [2.75, 3.05) is 26.4 Å². The van der Waals surface area contributed by atoms with Crippen LogP contribution in [-0.2, 0) is 19.1 Å². The van der Waals surface area contributed by atoms with E-state index in [9.17, 15) is 25.0 Å². The zero-order valence-corrected chi connectivity index (χ0v) is 14.2. The largest absolute Gasteiger partial charge is 0.459 e. The van der Waals surface area contributed by atoms with Gasteiger partial charge in [-0.3, -0.25) is 0 Å². The third-order valence-corrected chi connectivity index (χ3v) is 3.41. The number of rotatable bonds is 11. The second kappa shape index (κ2) is 10.5. The number of carbonyl (C=O) groups excluding carboxylic acids is 1. The molecule has 0 N–H and O–H groups in total. The summed E-state index contributed by atoms with van der Waals surface area (Å²) in [5, 5.41) is 18.5. The number of hydrogen-bond acceptors (Lipinski definition) is 10. The lowest BCUT2D eigenvalue weighted by Crippen LogP contribution is -2.30. The van der Waals surface area contributed by atoms with Crippen molar-refractivity contribution >= 4 is 30.2 Å². The monoisotopic (exact) mass is 396 g/mol. The van der Waals surface area contributed by atoms with Crippen LogP contribution >= 0.6 is 24.2 Å². The summed E-state index contributed by atoms with van der Waals surface area (Å²) in [7, 11) is 0. The molecule has 25 heavy (non-hydrogen) atoms. The Bertz CT molecular complexity index is 631. The predicted molar refractivity (Wildman–Crippen MR) is 84.6 cm³/mol. The van der Waals surface area contributed by atoms with Crippen LogP contribution in [0.2, 0.25) is 5.02 Å². The fourth-order valence-corrected chi connectivity index (χ4v) is 1.84. The Balaban J connectivity index is 2.53. The minimum Gasteiger partial charge on any atom is -0.459 e. The molecule has 138 valence electrons. The van der Waals surface area contributed by atoms with E-state index in [-0.39, 0.29) is 18.8 Å². The van der Waals surface area contributed by atoms with Gasteiger partial charge < -0.3 is 19.1 Å². The van der Waals surface area contributed by atoms with Crippen LogP contribution in [-0.4, -0.2) is 48.7 Å². The van der Waals surface area contributed by atoms with Gasteiger partial charge in [0.1, 0.15) is 25.9 Å². The molecule has 1 rings (SSSR count). The Hall–Kier alpha value is -2.31. The summed E-state index contributed by atoms with van der Waals surface area (Å²) < 4.78 is 10.1. The lowest BCUT2D eigenvalue weighted by Gasteiger charge is -2.16. The van der Waals surface area contributed by atoms with Crippen LogP contribution in [0.25, 0.3) is 0 Å². The number of thiol groups is 1. The number of halogens is 1. The smallest absolute Gasteiger partial charge is 0.338 e. The minimum atomic E-state index is -1.04. The average Bonchev–Trinajstić information content (AvgIpc) is 2.55. The molecule has 1 atom stereocenters. The van der Waals surface area contributed by atoms with Crippen LogP contribution < -0.4 is 0 Å². The van der Waals surface area contributed by atoms with E-state index in [4.69, 9.17) is 21.1 Å². The standard InChI is InChI=1S/C12H13ClN2O9S/c13-10-2-1-8(5-11(10)25)12(16)22-6-9(7-24-15(19)20)21-3-4-23-14(17)18/h1-2,5,9,25H,3-4,6-7H2. The van der Waals surface area contributed by atoms with E-state index in [0.29, 0.717) is 9.92 Å². The van der Waals surface area contributed by atoms with Crippen LogP contribution in [0.5, 0.6) is 0 Å². The zero-order chi connectivity index (χ0) is 18.8. The quantitative estimate of drug-likeness (QED) is 0.194. The van der Waals surface area contributed by atoms with Gasteiger partial charge in [0.2, 0.25) is 0 Å². The molecule has 0 heterocycles. The Labute approximate surface area is 151 Å². The number of hydrogen-bond donors (Lipinski definition) is 1. The van der Waals surface area contributed by atoms with Crippen molar-refractivity contribution in [2.24, 2.45) is 0 Å². The summed E-state index contributed by atoms with van der Waals surface area (Å²) in [5.74, 6) is -0.733. The van der Waals surface area contributed by atoms with E-state index in [2.05, 4.69) is 22.3 Å². The highest BCUT2D eigenvalue weighted by molar-refractivity contribution is 7.80. The second-order valence-electron chi connectivity index (χ2n) is 4.33. The molecule has 0 bridgehead atoms. The van der Waals surface area contributed by atoms with Crippen molar-refractivity contribution in [1.29, 1.82) is 0 Å². The third-order valence-electron chi connectivity index (χ3n) is 2.58. The number of ether oxygens (including phenoxy) is 2. The fourth-order valence-electron chi connectivity index (χ4n) is 1.51. The Morgan fingerprint density at radius 2 is 1.84 bits per heavy atom. The third kappa shape index (κ3) is 8.37. The Morgan fingerprint density at radius 3 is 2.44 bits per heavy atom. The van der Waals surface area contributed by atoms with E-state index >= 15 is 0 Å². The van der Waals surface area contributed by atoms with Crippen molar-refractivity contribution in [3.05, 3.63) is 49.0 Å². The molecule has 0 aliphatic heterocycles. The molecule has 1 aromatic carbocycles. The maximum atomic E-state index is 11.9. The van der Waals surface area contributed by atoms with E-state index in [0.717, 1.165) is 0 Å². The molecule has 0 aliphatic rings. The second-order valence-corrected chi connectivity index (χ2v) is 5.22. The maximum Gasteiger partial charge on any atom is 0.338 e. The van der Waals surface area contributed by atoms with E-state index in [1.54, 1.807) is 0 Å². The summed E-state index contributed by atoms with van der Waals surface area (Å²) in [5.41, 5.74) is 0.167. The van der Waals surface area contributed by atoms with Gasteiger partial charge in [-0.25, -0.2) is 4.79 Å². The number of esters is 1. The van der Waals surface area contributed by atoms with Crippen LogP contribution in [0.4, 0.5) is 0 Å². The molecule has 0 saturated carbocycles. The lowest BCUT2D eigenvalue weighted by molar-refractivity contribution is -0.760. The Morgan fingerprint density at radius 1 is 1.16 bits per heavy atom. The SMILES string of the molecule is O=C(OCC(CO[N+](=O)[O-])OCCO[N+](=O)[O-])c1ccc(Cl)c(S)c1.